The van der Waals surface area contributed by atoms with Gasteiger partial charge < -0.3 is 5.73 Å². The van der Waals surface area contributed by atoms with E-state index in [1.807, 2.05) is 16.6 Å². The van der Waals surface area contributed by atoms with E-state index < -0.39 is 11.9 Å². The van der Waals surface area contributed by atoms with Crippen molar-refractivity contribution in [3.8, 4) is 0 Å². The van der Waals surface area contributed by atoms with E-state index in [1.54, 1.807) is 35.8 Å². The van der Waals surface area contributed by atoms with E-state index in [0.717, 1.165) is 5.69 Å². The Kier molecular flexibility index (Phi) is 3.76. The third-order valence-electron chi connectivity index (χ3n) is 2.68. The predicted molar refractivity (Wildman–Crippen MR) is 71.0 cm³/mol. The van der Waals surface area contributed by atoms with Crippen LogP contribution in [0.25, 0.3) is 0 Å². The fourth-order valence-electron chi connectivity index (χ4n) is 1.72. The molecule has 0 saturated carbocycles. The number of rotatable bonds is 4. The van der Waals surface area contributed by atoms with Gasteiger partial charge in [-0.05, 0) is 36.6 Å². The minimum absolute atomic E-state index is 0.309. The molecule has 2 rings (SSSR count). The molecule has 4 nitrogen and oxygen atoms in total. The van der Waals surface area contributed by atoms with E-state index in [0.29, 0.717) is 5.88 Å². The number of hydrogen-bond donors (Lipinski definition) is 1. The molecule has 1 atom stereocenters. The molecule has 1 aliphatic rings. The number of hydrogen-bond acceptors (Lipinski definition) is 4. The zero-order valence-corrected chi connectivity index (χ0v) is 10.7. The monoisotopic (exact) mass is 267 g/mol. The first-order valence-electron chi connectivity index (χ1n) is 5.48. The molecule has 1 unspecified atom stereocenters. The van der Waals surface area contributed by atoms with Crippen molar-refractivity contribution in [3.05, 3.63) is 41.7 Å². The molecule has 0 radical (unpaired) electrons. The van der Waals surface area contributed by atoms with Crippen LogP contribution in [0, 0.1) is 5.82 Å². The number of halogens is 1. The molecule has 6 heteroatoms. The molecule has 1 aromatic rings. The summed E-state index contributed by atoms with van der Waals surface area (Å²) in [5, 5.41) is 5.58. The van der Waals surface area contributed by atoms with Crippen LogP contribution in [0.5, 0.6) is 0 Å². The number of carbonyl (C=O) groups is 1. The third kappa shape index (κ3) is 2.59. The van der Waals surface area contributed by atoms with Crippen molar-refractivity contribution in [1.29, 1.82) is 0 Å². The van der Waals surface area contributed by atoms with Crippen LogP contribution in [0.4, 0.5) is 10.1 Å². The maximum absolute atomic E-state index is 12.9. The lowest BCUT2D eigenvalue weighted by Gasteiger charge is -2.36. The smallest absolute Gasteiger partial charge is 0.241 e. The van der Waals surface area contributed by atoms with Crippen LogP contribution in [-0.2, 0) is 4.79 Å². The van der Waals surface area contributed by atoms with E-state index in [9.17, 15) is 9.18 Å². The lowest BCUT2D eigenvalue weighted by Crippen LogP contribution is -2.50. The maximum atomic E-state index is 12.9. The SMILES string of the molecule is CC(C(N)=O)N(c1ccc(F)cc1)N1C=CSC1. The molecule has 2 N–H and O–H groups in total. The van der Waals surface area contributed by atoms with Crippen molar-refractivity contribution < 1.29 is 9.18 Å². The van der Waals surface area contributed by atoms with Crippen molar-refractivity contribution in [3.63, 3.8) is 0 Å². The highest BCUT2D eigenvalue weighted by Crippen LogP contribution is 2.25. The summed E-state index contributed by atoms with van der Waals surface area (Å²) in [4.78, 5) is 11.4. The molecule has 0 aliphatic carbocycles. The Labute approximate surface area is 109 Å². The van der Waals surface area contributed by atoms with Gasteiger partial charge in [0.05, 0.1) is 11.6 Å². The van der Waals surface area contributed by atoms with E-state index in [2.05, 4.69) is 0 Å². The number of primary amides is 1. The van der Waals surface area contributed by atoms with Gasteiger partial charge in [0.1, 0.15) is 11.9 Å². The number of carbonyl (C=O) groups excluding carboxylic acids is 1. The summed E-state index contributed by atoms with van der Waals surface area (Å²) in [6, 6.07) is 5.49. The van der Waals surface area contributed by atoms with E-state index in [1.165, 1.54) is 12.1 Å². The van der Waals surface area contributed by atoms with Gasteiger partial charge in [-0.3, -0.25) is 14.8 Å². The average Bonchev–Trinajstić information content (AvgIpc) is 2.85. The normalized spacial score (nSPS) is 15.8. The lowest BCUT2D eigenvalue weighted by atomic mass is 10.2. The van der Waals surface area contributed by atoms with Gasteiger partial charge in [-0.2, -0.15) is 0 Å². The van der Waals surface area contributed by atoms with E-state index >= 15 is 0 Å². The van der Waals surface area contributed by atoms with Crippen LogP contribution >= 0.6 is 11.8 Å². The lowest BCUT2D eigenvalue weighted by molar-refractivity contribution is -0.119. The average molecular weight is 267 g/mol. The molecular weight excluding hydrogens is 253 g/mol. The molecule has 0 bridgehead atoms. The van der Waals surface area contributed by atoms with Gasteiger partial charge in [-0.15, -0.1) is 11.8 Å². The topological polar surface area (TPSA) is 49.6 Å². The number of nitrogens with two attached hydrogens (primary N) is 1. The Hall–Kier alpha value is -1.69. The van der Waals surface area contributed by atoms with Gasteiger partial charge in [-0.25, -0.2) is 4.39 Å². The first-order chi connectivity index (χ1) is 8.59. The quantitative estimate of drug-likeness (QED) is 0.905. The molecule has 1 aliphatic heterocycles. The van der Waals surface area contributed by atoms with Gasteiger partial charge in [0.25, 0.3) is 0 Å². The van der Waals surface area contributed by atoms with Gasteiger partial charge in [0.15, 0.2) is 0 Å². The van der Waals surface area contributed by atoms with Crippen LogP contribution in [0.15, 0.2) is 35.9 Å². The summed E-state index contributed by atoms with van der Waals surface area (Å²) < 4.78 is 12.9. The fraction of sp³-hybridized carbons (Fsp3) is 0.250. The van der Waals surface area contributed by atoms with Crippen LogP contribution in [0.2, 0.25) is 0 Å². The number of amides is 1. The Balaban J connectivity index is 2.31. The Morgan fingerprint density at radius 2 is 2.17 bits per heavy atom. The van der Waals surface area contributed by atoms with Crippen molar-refractivity contribution >= 4 is 23.4 Å². The molecule has 1 amide bonds. The summed E-state index contributed by atoms with van der Waals surface area (Å²) >= 11 is 1.61. The fourth-order valence-corrected chi connectivity index (χ4v) is 2.39. The number of benzene rings is 1. The minimum Gasteiger partial charge on any atom is -0.368 e. The van der Waals surface area contributed by atoms with Gasteiger partial charge in [-0.1, -0.05) is 0 Å². The molecule has 0 spiro atoms. The highest BCUT2D eigenvalue weighted by Gasteiger charge is 2.25. The Morgan fingerprint density at radius 1 is 1.50 bits per heavy atom. The molecule has 1 aromatic carbocycles. The second-order valence-electron chi connectivity index (χ2n) is 3.92. The van der Waals surface area contributed by atoms with Crippen LogP contribution in [0.3, 0.4) is 0 Å². The largest absolute Gasteiger partial charge is 0.368 e. The summed E-state index contributed by atoms with van der Waals surface area (Å²) in [6.07, 6.45) is 1.87. The standard InChI is InChI=1S/C12H14FN3OS/c1-9(12(14)17)16(15-6-7-18-8-15)11-4-2-10(13)3-5-11/h2-7,9H,8H2,1H3,(H2,14,17). The van der Waals surface area contributed by atoms with Crippen molar-refractivity contribution in [2.24, 2.45) is 5.73 Å². The minimum atomic E-state index is -0.501. The summed E-state index contributed by atoms with van der Waals surface area (Å²) in [5.74, 6) is -0.0315. The highest BCUT2D eigenvalue weighted by atomic mass is 32.2. The van der Waals surface area contributed by atoms with Gasteiger partial charge in [0, 0.05) is 6.20 Å². The molecule has 1 heterocycles. The van der Waals surface area contributed by atoms with Gasteiger partial charge >= 0.3 is 0 Å². The molecule has 0 saturated heterocycles. The Morgan fingerprint density at radius 3 is 2.67 bits per heavy atom. The molecule has 96 valence electrons. The number of thioether (sulfide) groups is 1. The zero-order valence-electron chi connectivity index (χ0n) is 9.91. The summed E-state index contributed by atoms with van der Waals surface area (Å²) in [5.41, 5.74) is 6.09. The number of nitrogens with zero attached hydrogens (tertiary/aromatic N) is 2. The van der Waals surface area contributed by atoms with Gasteiger partial charge in [0.2, 0.25) is 5.91 Å². The van der Waals surface area contributed by atoms with E-state index in [4.69, 9.17) is 5.73 Å². The van der Waals surface area contributed by atoms with Crippen molar-refractivity contribution in [2.75, 3.05) is 10.9 Å². The zero-order chi connectivity index (χ0) is 13.1. The van der Waals surface area contributed by atoms with Crippen LogP contribution < -0.4 is 10.7 Å². The summed E-state index contributed by atoms with van der Waals surface area (Å²) in [6.45, 7) is 1.72. The van der Waals surface area contributed by atoms with Crippen molar-refractivity contribution in [1.82, 2.24) is 5.01 Å². The summed E-state index contributed by atoms with van der Waals surface area (Å²) in [7, 11) is 0. The number of anilines is 1. The first-order valence-corrected chi connectivity index (χ1v) is 6.53. The number of hydrazine groups is 1. The van der Waals surface area contributed by atoms with Crippen LogP contribution in [0.1, 0.15) is 6.92 Å². The van der Waals surface area contributed by atoms with E-state index in [-0.39, 0.29) is 5.82 Å². The molecule has 0 aromatic heterocycles. The third-order valence-corrected chi connectivity index (χ3v) is 3.41. The molecule has 18 heavy (non-hydrogen) atoms. The predicted octanol–water partition coefficient (Wildman–Crippen LogP) is 1.90. The first kappa shape index (κ1) is 12.8. The Bertz CT molecular complexity index is 461. The second kappa shape index (κ2) is 5.30. The highest BCUT2D eigenvalue weighted by molar-refractivity contribution is 8.02. The second-order valence-corrected chi connectivity index (χ2v) is 4.78. The molecular formula is C12H14FN3OS. The maximum Gasteiger partial charge on any atom is 0.241 e. The van der Waals surface area contributed by atoms with Crippen LogP contribution in [-0.4, -0.2) is 22.8 Å². The van der Waals surface area contributed by atoms with Crippen molar-refractivity contribution in [2.45, 2.75) is 13.0 Å². The molecule has 0 fully saturated rings.